The molecule has 8 atom stereocenters. The van der Waals surface area contributed by atoms with Crippen LogP contribution >= 0.6 is 0 Å². The van der Waals surface area contributed by atoms with E-state index >= 15 is 9.59 Å². The van der Waals surface area contributed by atoms with Crippen LogP contribution in [0.1, 0.15) is 65.0 Å². The zero-order valence-corrected chi connectivity index (χ0v) is 30.3. The van der Waals surface area contributed by atoms with Crippen molar-refractivity contribution in [1.82, 2.24) is 0 Å². The predicted octanol–water partition coefficient (Wildman–Crippen LogP) is 5.00. The molecule has 50 heavy (non-hydrogen) atoms. The van der Waals surface area contributed by atoms with Crippen LogP contribution < -0.4 is 4.74 Å². The van der Waals surface area contributed by atoms with Gasteiger partial charge in [0.2, 0.25) is 0 Å². The lowest BCUT2D eigenvalue weighted by molar-refractivity contribution is -0.275. The minimum Gasteiger partial charge on any atom is -0.497 e. The molecule has 3 aliphatic carbocycles. The van der Waals surface area contributed by atoms with E-state index in [0.717, 1.165) is 11.1 Å². The second kappa shape index (κ2) is 14.0. The Bertz CT molecular complexity index is 1510. The molecular formula is C39H52O11. The maximum absolute atomic E-state index is 15.4. The normalized spacial score (nSPS) is 35.9. The van der Waals surface area contributed by atoms with Crippen LogP contribution in [0, 0.1) is 22.7 Å². The molecule has 1 saturated heterocycles. The third-order valence-corrected chi connectivity index (χ3v) is 11.9. The van der Waals surface area contributed by atoms with E-state index in [1.165, 1.54) is 7.11 Å². The van der Waals surface area contributed by atoms with Crippen LogP contribution in [-0.2, 0) is 56.0 Å². The number of carbonyl (C=O) groups is 2. The van der Waals surface area contributed by atoms with Crippen LogP contribution in [0.3, 0.4) is 0 Å². The van der Waals surface area contributed by atoms with Crippen molar-refractivity contribution >= 4 is 11.6 Å². The van der Waals surface area contributed by atoms with Crippen molar-refractivity contribution in [3.8, 4) is 5.75 Å². The highest BCUT2D eigenvalue weighted by Crippen LogP contribution is 2.63. The fraction of sp³-hybridized carbons (Fsp3) is 0.641. The highest BCUT2D eigenvalue weighted by atomic mass is 16.8. The molecule has 2 aromatic rings. The number of benzene rings is 2. The molecule has 1 heterocycles. The number of aliphatic hydroxyl groups is 1. The molecule has 2 aromatic carbocycles. The van der Waals surface area contributed by atoms with Gasteiger partial charge in [0.05, 0.1) is 50.5 Å². The summed E-state index contributed by atoms with van der Waals surface area (Å²) < 4.78 is 49.2. The van der Waals surface area contributed by atoms with Crippen molar-refractivity contribution in [3.63, 3.8) is 0 Å². The van der Waals surface area contributed by atoms with Gasteiger partial charge in [-0.1, -0.05) is 56.3 Å². The molecule has 274 valence electrons. The van der Waals surface area contributed by atoms with E-state index in [0.29, 0.717) is 18.8 Å². The lowest BCUT2D eigenvalue weighted by atomic mass is 9.48. The van der Waals surface area contributed by atoms with Gasteiger partial charge in [-0.3, -0.25) is 9.59 Å². The molecule has 3 unspecified atom stereocenters. The van der Waals surface area contributed by atoms with Crippen LogP contribution in [0.15, 0.2) is 54.6 Å². The summed E-state index contributed by atoms with van der Waals surface area (Å²) in [5.41, 5.74) is -3.95. The quantitative estimate of drug-likeness (QED) is 0.238. The lowest BCUT2D eigenvalue weighted by Gasteiger charge is -2.59. The second-order valence-electron chi connectivity index (χ2n) is 15.4. The van der Waals surface area contributed by atoms with E-state index in [1.54, 1.807) is 27.9 Å². The van der Waals surface area contributed by atoms with Gasteiger partial charge in [-0.15, -0.1) is 0 Å². The molecule has 6 rings (SSSR count). The smallest absolute Gasteiger partial charge is 0.172 e. The molecule has 0 amide bonds. The molecule has 11 nitrogen and oxygen atoms in total. The minimum atomic E-state index is -1.80. The van der Waals surface area contributed by atoms with Crippen molar-refractivity contribution in [1.29, 1.82) is 0 Å². The highest BCUT2D eigenvalue weighted by molar-refractivity contribution is 6.01. The molecule has 1 N–H and O–H groups in total. The summed E-state index contributed by atoms with van der Waals surface area (Å²) in [7, 11) is 3.11. The van der Waals surface area contributed by atoms with Gasteiger partial charge in [0.1, 0.15) is 36.6 Å². The van der Waals surface area contributed by atoms with Gasteiger partial charge in [0, 0.05) is 24.9 Å². The highest BCUT2D eigenvalue weighted by Gasteiger charge is 2.77. The fourth-order valence-electron chi connectivity index (χ4n) is 9.04. The van der Waals surface area contributed by atoms with Gasteiger partial charge in [-0.2, -0.15) is 0 Å². The van der Waals surface area contributed by atoms with Gasteiger partial charge in [-0.25, -0.2) is 0 Å². The summed E-state index contributed by atoms with van der Waals surface area (Å²) in [4.78, 5) is 30.7. The van der Waals surface area contributed by atoms with Crippen molar-refractivity contribution in [2.45, 2.75) is 102 Å². The van der Waals surface area contributed by atoms with Gasteiger partial charge in [0.25, 0.3) is 0 Å². The number of carbonyl (C=O) groups excluding carboxylic acids is 2. The number of hydrogen-bond acceptors (Lipinski definition) is 11. The number of methoxy groups -OCH3 is 2. The Balaban J connectivity index is 1.44. The third kappa shape index (κ3) is 6.23. The zero-order valence-electron chi connectivity index (χ0n) is 30.3. The van der Waals surface area contributed by atoms with E-state index in [-0.39, 0.29) is 45.4 Å². The molecular weight excluding hydrogens is 644 g/mol. The molecule has 1 aliphatic heterocycles. The first-order valence-electron chi connectivity index (χ1n) is 17.5. The largest absolute Gasteiger partial charge is 0.497 e. The molecule has 1 spiro atoms. The van der Waals surface area contributed by atoms with Crippen LogP contribution in [0.5, 0.6) is 5.75 Å². The first kappa shape index (κ1) is 37.0. The van der Waals surface area contributed by atoms with E-state index in [2.05, 4.69) is 0 Å². The fourth-order valence-corrected chi connectivity index (χ4v) is 9.04. The number of ketones is 2. The van der Waals surface area contributed by atoms with Crippen molar-refractivity contribution in [3.05, 3.63) is 65.7 Å². The number of rotatable bonds is 12. The molecule has 4 aliphatic rings. The van der Waals surface area contributed by atoms with Crippen LogP contribution in [0.25, 0.3) is 0 Å². The standard InChI is InChI=1S/C39H52O11/c1-35(2)28-17-18-39(35,42)34(41)32-37(5,33(40)31(28)48-23-43-6)29(47-24-45-20-25-11-9-8-10-12-25)19-30(38(32)22-49-36(3,4)50-38)46-21-26-13-15-27(44-7)16-14-26/h8-16,28-32,42H,17-24H2,1-7H3/t28?,29-,30?,31+,32-,37+,38-,39?/m0/s1. The Morgan fingerprint density at radius 3 is 2.16 bits per heavy atom. The van der Waals surface area contributed by atoms with E-state index < -0.39 is 63.8 Å². The predicted molar refractivity (Wildman–Crippen MR) is 181 cm³/mol. The molecule has 11 heteroatoms. The van der Waals surface area contributed by atoms with Gasteiger partial charge < -0.3 is 43.0 Å². The molecule has 2 bridgehead atoms. The molecule has 4 fully saturated rings. The summed E-state index contributed by atoms with van der Waals surface area (Å²) in [6.07, 6.45) is -1.88. The van der Waals surface area contributed by atoms with Gasteiger partial charge in [-0.05, 0) is 56.9 Å². The van der Waals surface area contributed by atoms with Crippen LogP contribution in [0.4, 0.5) is 0 Å². The summed E-state index contributed by atoms with van der Waals surface area (Å²) in [5.74, 6) is -2.85. The second-order valence-corrected chi connectivity index (χ2v) is 15.4. The van der Waals surface area contributed by atoms with E-state index in [1.807, 2.05) is 68.4 Å². The molecule has 0 radical (unpaired) electrons. The third-order valence-electron chi connectivity index (χ3n) is 11.9. The monoisotopic (exact) mass is 696 g/mol. The van der Waals surface area contributed by atoms with Crippen LogP contribution in [0.2, 0.25) is 0 Å². The Labute approximate surface area is 294 Å². The number of hydrogen-bond donors (Lipinski definition) is 1. The maximum Gasteiger partial charge on any atom is 0.172 e. The summed E-state index contributed by atoms with van der Waals surface area (Å²) in [6, 6.07) is 17.2. The topological polar surface area (TPSA) is 128 Å². The molecule has 3 saturated carbocycles. The Morgan fingerprint density at radius 1 is 0.820 bits per heavy atom. The number of fused-ring (bicyclic) bond motifs is 4. The molecule has 0 aromatic heterocycles. The zero-order chi connectivity index (χ0) is 36.0. The summed E-state index contributed by atoms with van der Waals surface area (Å²) >= 11 is 0. The average Bonchev–Trinajstić information content (AvgIpc) is 3.55. The first-order chi connectivity index (χ1) is 23.7. The Kier molecular flexibility index (Phi) is 10.4. The number of ether oxygens (including phenoxy) is 8. The average molecular weight is 697 g/mol. The summed E-state index contributed by atoms with van der Waals surface area (Å²) in [5, 5.41) is 12.6. The first-order valence-corrected chi connectivity index (χ1v) is 17.5. The van der Waals surface area contributed by atoms with Gasteiger partial charge in [0.15, 0.2) is 17.4 Å². The van der Waals surface area contributed by atoms with Crippen molar-refractivity contribution in [2.24, 2.45) is 22.7 Å². The van der Waals surface area contributed by atoms with Crippen molar-refractivity contribution < 1.29 is 52.6 Å². The SMILES string of the molecule is COCO[C@H]1C(=O)[C@]2(C)[C@@H](OCOCc3ccccc3)CC(OCc3ccc(OC)cc3)[C@@]3(COC(C)(C)O3)[C@H]2C(=O)C2(O)CCC1C2(C)C. The maximum atomic E-state index is 15.4. The van der Waals surface area contributed by atoms with E-state index in [9.17, 15) is 5.11 Å². The van der Waals surface area contributed by atoms with E-state index in [4.69, 9.17) is 37.9 Å². The Hall–Kier alpha value is -2.74. The van der Waals surface area contributed by atoms with Gasteiger partial charge >= 0.3 is 0 Å². The number of Topliss-reactive ketones (excluding diaryl/α,β-unsaturated/α-hetero) is 2. The van der Waals surface area contributed by atoms with Crippen LogP contribution in [-0.4, -0.2) is 86.4 Å². The summed E-state index contributed by atoms with van der Waals surface area (Å²) in [6.45, 7) is 9.16. The Morgan fingerprint density at radius 2 is 1.52 bits per heavy atom. The minimum absolute atomic E-state index is 0.0344. The lowest BCUT2D eigenvalue weighted by Crippen LogP contribution is -2.75. The van der Waals surface area contributed by atoms with Crippen molar-refractivity contribution in [2.75, 3.05) is 34.4 Å².